The zero-order valence-electron chi connectivity index (χ0n) is 12.3. The molecule has 0 aromatic heterocycles. The number of hydrogen-bond donors (Lipinski definition) is 2. The van der Waals surface area contributed by atoms with Gasteiger partial charge in [-0.25, -0.2) is 4.79 Å². The maximum absolute atomic E-state index is 12.0. The number of carbonyl (C=O) groups is 1. The zero-order valence-corrected chi connectivity index (χ0v) is 12.3. The van der Waals surface area contributed by atoms with Gasteiger partial charge in [0.2, 0.25) is 5.96 Å². The minimum Gasteiger partial charge on any atom is -0.423 e. The topological polar surface area (TPSA) is 146 Å². The summed E-state index contributed by atoms with van der Waals surface area (Å²) in [6, 6.07) is 11.7. The molecule has 0 atom stereocenters. The largest absolute Gasteiger partial charge is 0.423 e. The molecule has 0 unspecified atom stereocenters. The van der Waals surface area contributed by atoms with Gasteiger partial charge in [-0.15, -0.1) is 5.10 Å². The number of guanidine groups is 1. The molecule has 2 rings (SSSR count). The van der Waals surface area contributed by atoms with Crippen LogP contribution in [0.4, 0.5) is 5.69 Å². The summed E-state index contributed by atoms with van der Waals surface area (Å²) in [5.41, 5.74) is 10.9. The molecule has 24 heavy (non-hydrogen) atoms. The number of non-ortho nitro benzene ring substituents is 1. The molecule has 0 bridgehead atoms. The van der Waals surface area contributed by atoms with Crippen LogP contribution in [0.3, 0.4) is 0 Å². The lowest BCUT2D eigenvalue weighted by Gasteiger charge is -2.04. The highest BCUT2D eigenvalue weighted by Gasteiger charge is 2.13. The van der Waals surface area contributed by atoms with Crippen molar-refractivity contribution >= 4 is 23.8 Å². The molecule has 0 radical (unpaired) electrons. The Balaban J connectivity index is 2.07. The summed E-state index contributed by atoms with van der Waals surface area (Å²) >= 11 is 0. The van der Waals surface area contributed by atoms with Crippen molar-refractivity contribution in [1.29, 1.82) is 0 Å². The van der Waals surface area contributed by atoms with Crippen molar-refractivity contribution in [1.82, 2.24) is 0 Å². The van der Waals surface area contributed by atoms with E-state index in [1.165, 1.54) is 24.4 Å². The number of nitrogens with two attached hydrogens (primary N) is 2. The SMILES string of the molecule is NC(N)=N/N=C\c1ccc(OC(=O)c2cccc([N+](=O)[O-])c2)cc1. The van der Waals surface area contributed by atoms with Gasteiger partial charge in [-0.2, -0.15) is 5.10 Å². The molecule has 4 N–H and O–H groups in total. The van der Waals surface area contributed by atoms with Gasteiger partial charge in [0.15, 0.2) is 0 Å². The molecule has 0 aliphatic rings. The molecule has 122 valence electrons. The standard InChI is InChI=1S/C15H13N5O4/c16-15(17)19-18-9-10-4-6-13(7-5-10)24-14(21)11-2-1-3-12(8-11)20(22)23/h1-9H,(H4,16,17,19)/b18-9-. The van der Waals surface area contributed by atoms with Gasteiger partial charge < -0.3 is 16.2 Å². The Morgan fingerprint density at radius 2 is 1.88 bits per heavy atom. The molecular formula is C15H13N5O4. The van der Waals surface area contributed by atoms with Gasteiger partial charge in [-0.05, 0) is 35.9 Å². The number of nitro groups is 1. The number of hydrogen-bond acceptors (Lipinski definition) is 6. The Labute approximate surface area is 136 Å². The Bertz CT molecular complexity index is 811. The van der Waals surface area contributed by atoms with Crippen molar-refractivity contribution in [3.63, 3.8) is 0 Å². The molecule has 0 heterocycles. The number of ether oxygens (including phenoxy) is 1. The highest BCUT2D eigenvalue weighted by molar-refractivity contribution is 5.91. The lowest BCUT2D eigenvalue weighted by atomic mass is 10.2. The van der Waals surface area contributed by atoms with Crippen LogP contribution < -0.4 is 16.2 Å². The molecule has 0 saturated carbocycles. The smallest absolute Gasteiger partial charge is 0.343 e. The Morgan fingerprint density at radius 3 is 2.50 bits per heavy atom. The number of carbonyl (C=O) groups excluding carboxylic acids is 1. The van der Waals surface area contributed by atoms with E-state index in [4.69, 9.17) is 16.2 Å². The zero-order chi connectivity index (χ0) is 17.5. The molecular weight excluding hydrogens is 314 g/mol. The fourth-order valence-corrected chi connectivity index (χ4v) is 1.70. The van der Waals surface area contributed by atoms with E-state index in [9.17, 15) is 14.9 Å². The van der Waals surface area contributed by atoms with Crippen molar-refractivity contribution in [2.24, 2.45) is 21.7 Å². The number of esters is 1. The van der Waals surface area contributed by atoms with E-state index in [-0.39, 0.29) is 23.0 Å². The first-order valence-electron chi connectivity index (χ1n) is 6.64. The van der Waals surface area contributed by atoms with Gasteiger partial charge in [0.1, 0.15) is 5.75 Å². The molecule has 0 aliphatic carbocycles. The van der Waals surface area contributed by atoms with Crippen LogP contribution in [0.25, 0.3) is 0 Å². The third kappa shape index (κ3) is 4.63. The minimum atomic E-state index is -0.694. The lowest BCUT2D eigenvalue weighted by molar-refractivity contribution is -0.384. The highest BCUT2D eigenvalue weighted by Crippen LogP contribution is 2.17. The van der Waals surface area contributed by atoms with Gasteiger partial charge in [-0.1, -0.05) is 6.07 Å². The predicted molar refractivity (Wildman–Crippen MR) is 87.9 cm³/mol. The molecule has 0 spiro atoms. The van der Waals surface area contributed by atoms with Gasteiger partial charge in [-0.3, -0.25) is 10.1 Å². The van der Waals surface area contributed by atoms with Gasteiger partial charge in [0.05, 0.1) is 16.7 Å². The van der Waals surface area contributed by atoms with Crippen LogP contribution in [0, 0.1) is 10.1 Å². The molecule has 0 saturated heterocycles. The van der Waals surface area contributed by atoms with Crippen molar-refractivity contribution in [3.8, 4) is 5.75 Å². The quantitative estimate of drug-likeness (QED) is 0.212. The average Bonchev–Trinajstić information content (AvgIpc) is 2.56. The summed E-state index contributed by atoms with van der Waals surface area (Å²) in [4.78, 5) is 22.1. The van der Waals surface area contributed by atoms with Gasteiger partial charge >= 0.3 is 5.97 Å². The average molecular weight is 327 g/mol. The van der Waals surface area contributed by atoms with Gasteiger partial charge in [0, 0.05) is 12.1 Å². The second-order valence-corrected chi connectivity index (χ2v) is 4.54. The fraction of sp³-hybridized carbons (Fsp3) is 0. The Kier molecular flexibility index (Phi) is 5.19. The van der Waals surface area contributed by atoms with E-state index in [1.54, 1.807) is 24.3 Å². The van der Waals surface area contributed by atoms with Gasteiger partial charge in [0.25, 0.3) is 5.69 Å². The van der Waals surface area contributed by atoms with Crippen molar-refractivity contribution in [3.05, 3.63) is 69.8 Å². The summed E-state index contributed by atoms with van der Waals surface area (Å²) < 4.78 is 5.16. The first-order chi connectivity index (χ1) is 11.5. The molecule has 0 amide bonds. The van der Waals surface area contributed by atoms with Crippen LogP contribution in [0.2, 0.25) is 0 Å². The third-order valence-corrected chi connectivity index (χ3v) is 2.76. The van der Waals surface area contributed by atoms with Crippen LogP contribution in [0.1, 0.15) is 15.9 Å². The molecule has 2 aromatic rings. The Morgan fingerprint density at radius 1 is 1.17 bits per heavy atom. The number of nitro benzene ring substituents is 1. The number of rotatable bonds is 5. The monoisotopic (exact) mass is 327 g/mol. The first-order valence-corrected chi connectivity index (χ1v) is 6.64. The second-order valence-electron chi connectivity index (χ2n) is 4.54. The van der Waals surface area contributed by atoms with Crippen LogP contribution in [0.15, 0.2) is 58.7 Å². The van der Waals surface area contributed by atoms with Crippen LogP contribution in [0.5, 0.6) is 5.75 Å². The summed E-state index contributed by atoms with van der Waals surface area (Å²) in [6.07, 6.45) is 1.42. The van der Waals surface area contributed by atoms with E-state index >= 15 is 0 Å². The van der Waals surface area contributed by atoms with E-state index in [1.807, 2.05) is 0 Å². The predicted octanol–water partition coefficient (Wildman–Crippen LogP) is 1.42. The second kappa shape index (κ2) is 7.49. The maximum Gasteiger partial charge on any atom is 0.343 e. The van der Waals surface area contributed by atoms with E-state index < -0.39 is 10.9 Å². The number of benzene rings is 2. The van der Waals surface area contributed by atoms with E-state index in [0.29, 0.717) is 5.56 Å². The normalized spacial score (nSPS) is 10.3. The number of nitrogens with zero attached hydrogens (tertiary/aromatic N) is 3. The van der Waals surface area contributed by atoms with Crippen LogP contribution >= 0.6 is 0 Å². The molecule has 9 nitrogen and oxygen atoms in total. The van der Waals surface area contributed by atoms with Crippen molar-refractivity contribution in [2.75, 3.05) is 0 Å². The van der Waals surface area contributed by atoms with E-state index in [2.05, 4.69) is 10.2 Å². The molecule has 0 fully saturated rings. The summed E-state index contributed by atoms with van der Waals surface area (Å²) in [6.45, 7) is 0. The van der Waals surface area contributed by atoms with Crippen molar-refractivity contribution in [2.45, 2.75) is 0 Å². The highest BCUT2D eigenvalue weighted by atomic mass is 16.6. The summed E-state index contributed by atoms with van der Waals surface area (Å²) in [7, 11) is 0. The fourth-order valence-electron chi connectivity index (χ4n) is 1.70. The summed E-state index contributed by atoms with van der Waals surface area (Å²) in [5.74, 6) is -0.570. The molecule has 0 aliphatic heterocycles. The lowest BCUT2D eigenvalue weighted by Crippen LogP contribution is -2.21. The summed E-state index contributed by atoms with van der Waals surface area (Å²) in [5, 5.41) is 17.8. The first kappa shape index (κ1) is 16.6. The third-order valence-electron chi connectivity index (χ3n) is 2.76. The minimum absolute atomic E-state index is 0.0857. The molecule has 2 aromatic carbocycles. The molecule has 9 heteroatoms. The van der Waals surface area contributed by atoms with Crippen molar-refractivity contribution < 1.29 is 14.5 Å². The van der Waals surface area contributed by atoms with Crippen LogP contribution in [-0.2, 0) is 0 Å². The van der Waals surface area contributed by atoms with E-state index in [0.717, 1.165) is 6.07 Å². The Hall–Kier alpha value is -3.75. The maximum atomic E-state index is 12.0. The van der Waals surface area contributed by atoms with Crippen LogP contribution in [-0.4, -0.2) is 23.1 Å².